The Hall–Kier alpha value is -2.09. The van der Waals surface area contributed by atoms with E-state index >= 15 is 0 Å². The molecule has 0 radical (unpaired) electrons. The lowest BCUT2D eigenvalue weighted by Crippen LogP contribution is -2.19. The third kappa shape index (κ3) is 5.72. The van der Waals surface area contributed by atoms with Gasteiger partial charge in [0.15, 0.2) is 0 Å². The van der Waals surface area contributed by atoms with Gasteiger partial charge in [-0.05, 0) is 69.3 Å². The maximum absolute atomic E-state index is 12.4. The minimum absolute atomic E-state index is 0.227. The fraction of sp³-hybridized carbons (Fsp3) is 0.391. The Balaban J connectivity index is 2.31. The second-order valence-corrected chi connectivity index (χ2v) is 10.2. The second kappa shape index (κ2) is 8.73. The van der Waals surface area contributed by atoms with Crippen LogP contribution in [0.3, 0.4) is 0 Å². The van der Waals surface area contributed by atoms with Gasteiger partial charge in [-0.2, -0.15) is 5.10 Å². The zero-order valence-corrected chi connectivity index (χ0v) is 20.2. The molecule has 0 saturated carbocycles. The molecule has 6 heteroatoms. The predicted molar refractivity (Wildman–Crippen MR) is 126 cm³/mol. The Bertz CT molecular complexity index is 903. The van der Waals surface area contributed by atoms with Crippen molar-refractivity contribution in [3.63, 3.8) is 0 Å². The molecule has 2 N–H and O–H groups in total. The number of rotatable bonds is 4. The van der Waals surface area contributed by atoms with E-state index in [-0.39, 0.29) is 16.7 Å². The normalized spacial score (nSPS) is 12.3. The molecular weight excluding hydrogens is 479 g/mol. The Kier molecular flexibility index (Phi) is 6.98. The van der Waals surface area contributed by atoms with Crippen LogP contribution in [0.15, 0.2) is 35.4 Å². The van der Waals surface area contributed by atoms with E-state index in [0.29, 0.717) is 17.1 Å². The molecule has 5 nitrogen and oxygen atoms in total. The van der Waals surface area contributed by atoms with E-state index in [4.69, 9.17) is 4.74 Å². The number of nitrogens with zero attached hydrogens (tertiary/aromatic N) is 1. The van der Waals surface area contributed by atoms with Gasteiger partial charge in [0.2, 0.25) is 0 Å². The van der Waals surface area contributed by atoms with E-state index in [1.807, 2.05) is 18.2 Å². The van der Waals surface area contributed by atoms with Crippen LogP contribution in [0, 0.1) is 3.57 Å². The van der Waals surface area contributed by atoms with Gasteiger partial charge in [-0.25, -0.2) is 5.43 Å². The molecule has 0 aliphatic rings. The average Bonchev–Trinajstić information content (AvgIpc) is 2.61. The first-order valence-electron chi connectivity index (χ1n) is 9.39. The van der Waals surface area contributed by atoms with E-state index in [2.05, 4.69) is 74.7 Å². The van der Waals surface area contributed by atoms with Crippen molar-refractivity contribution >= 4 is 34.7 Å². The topological polar surface area (TPSA) is 70.9 Å². The molecule has 0 fully saturated rings. The number of hydrogen-bond acceptors (Lipinski definition) is 4. The number of phenolic OH excluding ortho intramolecular Hbond substituents is 1. The van der Waals surface area contributed by atoms with E-state index in [1.165, 1.54) is 0 Å². The molecule has 2 aromatic rings. The van der Waals surface area contributed by atoms with Crippen molar-refractivity contribution in [1.82, 2.24) is 5.43 Å². The number of phenols is 1. The molecule has 0 aliphatic heterocycles. The first-order chi connectivity index (χ1) is 13.3. The van der Waals surface area contributed by atoms with Crippen LogP contribution < -0.4 is 10.2 Å². The largest absolute Gasteiger partial charge is 0.507 e. The van der Waals surface area contributed by atoms with Gasteiger partial charge in [0, 0.05) is 16.7 Å². The number of amides is 1. The SMILES string of the molecule is COc1cc(C(=O)N/N=C\c2cc(C(C)(C)C)c(O)c(C(C)(C)C)c2)ccc1I. The van der Waals surface area contributed by atoms with Crippen molar-refractivity contribution in [2.75, 3.05) is 7.11 Å². The number of hydrazone groups is 1. The molecule has 0 aliphatic carbocycles. The maximum Gasteiger partial charge on any atom is 0.271 e. The first kappa shape index (κ1) is 23.2. The number of nitrogens with one attached hydrogen (secondary N) is 1. The molecule has 0 unspecified atom stereocenters. The Morgan fingerprint density at radius 1 is 1.07 bits per heavy atom. The molecule has 0 bridgehead atoms. The molecule has 29 heavy (non-hydrogen) atoms. The average molecular weight is 508 g/mol. The smallest absolute Gasteiger partial charge is 0.271 e. The van der Waals surface area contributed by atoms with Gasteiger partial charge in [0.25, 0.3) is 5.91 Å². The maximum atomic E-state index is 12.4. The monoisotopic (exact) mass is 508 g/mol. The van der Waals surface area contributed by atoms with Gasteiger partial charge in [-0.1, -0.05) is 41.5 Å². The minimum atomic E-state index is -0.318. The van der Waals surface area contributed by atoms with Gasteiger partial charge >= 0.3 is 0 Å². The molecule has 156 valence electrons. The highest BCUT2D eigenvalue weighted by molar-refractivity contribution is 14.1. The minimum Gasteiger partial charge on any atom is -0.507 e. The molecule has 0 heterocycles. The van der Waals surface area contributed by atoms with Crippen LogP contribution in [0.1, 0.15) is 68.6 Å². The number of carbonyl (C=O) groups excluding carboxylic acids is 1. The van der Waals surface area contributed by atoms with E-state index in [0.717, 1.165) is 20.3 Å². The lowest BCUT2D eigenvalue weighted by Gasteiger charge is -2.27. The van der Waals surface area contributed by atoms with E-state index < -0.39 is 0 Å². The Morgan fingerprint density at radius 3 is 2.10 bits per heavy atom. The quantitative estimate of drug-likeness (QED) is 0.332. The van der Waals surface area contributed by atoms with Crippen LogP contribution >= 0.6 is 22.6 Å². The Labute approximate surface area is 186 Å². The molecule has 2 rings (SSSR count). The van der Waals surface area contributed by atoms with Crippen LogP contribution in [0.2, 0.25) is 0 Å². The van der Waals surface area contributed by atoms with Crippen molar-refractivity contribution in [2.24, 2.45) is 5.10 Å². The number of ether oxygens (including phenoxy) is 1. The van der Waals surface area contributed by atoms with Gasteiger partial charge < -0.3 is 9.84 Å². The standard InChI is InChI=1S/C23H29IN2O3/c1-22(2,3)16-10-14(11-17(20(16)27)23(4,5)6)13-25-26-21(28)15-8-9-18(24)19(12-15)29-7/h8-13,27H,1-7H3,(H,26,28)/b25-13-. The highest BCUT2D eigenvalue weighted by Gasteiger charge is 2.26. The third-order valence-corrected chi connectivity index (χ3v) is 5.43. The van der Waals surface area contributed by atoms with Crippen LogP contribution in [0.5, 0.6) is 11.5 Å². The molecule has 0 atom stereocenters. The number of hydrogen-bond donors (Lipinski definition) is 2. The summed E-state index contributed by atoms with van der Waals surface area (Å²) in [5.41, 5.74) is 5.09. The van der Waals surface area contributed by atoms with Crippen LogP contribution in [-0.4, -0.2) is 24.3 Å². The first-order valence-corrected chi connectivity index (χ1v) is 10.5. The number of benzene rings is 2. The molecule has 2 aromatic carbocycles. The third-order valence-electron chi connectivity index (χ3n) is 4.54. The highest BCUT2D eigenvalue weighted by Crippen LogP contribution is 2.39. The summed E-state index contributed by atoms with van der Waals surface area (Å²) in [6.07, 6.45) is 1.60. The van der Waals surface area contributed by atoms with Crippen molar-refractivity contribution in [3.05, 3.63) is 56.2 Å². The molecule has 0 saturated heterocycles. The number of methoxy groups -OCH3 is 1. The zero-order chi connectivity index (χ0) is 22.0. The summed E-state index contributed by atoms with van der Waals surface area (Å²) in [6.45, 7) is 12.3. The van der Waals surface area contributed by atoms with Crippen molar-refractivity contribution < 1.29 is 14.6 Å². The van der Waals surface area contributed by atoms with Crippen molar-refractivity contribution in [2.45, 2.75) is 52.4 Å². The number of aromatic hydroxyl groups is 1. The van der Waals surface area contributed by atoms with Gasteiger partial charge in [0.1, 0.15) is 11.5 Å². The summed E-state index contributed by atoms with van der Waals surface area (Å²) in [7, 11) is 1.57. The summed E-state index contributed by atoms with van der Waals surface area (Å²) >= 11 is 2.15. The Morgan fingerprint density at radius 2 is 1.62 bits per heavy atom. The van der Waals surface area contributed by atoms with Crippen LogP contribution in [-0.2, 0) is 10.8 Å². The number of carbonyl (C=O) groups is 1. The molecule has 0 aromatic heterocycles. The fourth-order valence-corrected chi connectivity index (χ4v) is 3.46. The second-order valence-electron chi connectivity index (χ2n) is 9.01. The van der Waals surface area contributed by atoms with Crippen LogP contribution in [0.25, 0.3) is 0 Å². The molecule has 1 amide bonds. The van der Waals surface area contributed by atoms with Gasteiger partial charge in [0.05, 0.1) is 16.9 Å². The van der Waals surface area contributed by atoms with Crippen molar-refractivity contribution in [3.8, 4) is 11.5 Å². The zero-order valence-electron chi connectivity index (χ0n) is 18.1. The number of halogens is 1. The van der Waals surface area contributed by atoms with Gasteiger partial charge in [-0.3, -0.25) is 4.79 Å². The highest BCUT2D eigenvalue weighted by atomic mass is 127. The summed E-state index contributed by atoms with van der Waals surface area (Å²) < 4.78 is 6.19. The lowest BCUT2D eigenvalue weighted by atomic mass is 9.78. The summed E-state index contributed by atoms with van der Waals surface area (Å²) in [6, 6.07) is 9.05. The lowest BCUT2D eigenvalue weighted by molar-refractivity contribution is 0.0954. The summed E-state index contributed by atoms with van der Waals surface area (Å²) in [5, 5.41) is 14.9. The van der Waals surface area contributed by atoms with E-state index in [9.17, 15) is 9.90 Å². The fourth-order valence-electron chi connectivity index (χ4n) is 2.91. The van der Waals surface area contributed by atoms with Gasteiger partial charge in [-0.15, -0.1) is 0 Å². The van der Waals surface area contributed by atoms with E-state index in [1.54, 1.807) is 25.5 Å². The van der Waals surface area contributed by atoms with Crippen molar-refractivity contribution in [1.29, 1.82) is 0 Å². The molecule has 0 spiro atoms. The predicted octanol–water partition coefficient (Wildman–Crippen LogP) is 5.36. The molecular formula is C23H29IN2O3. The summed E-state index contributed by atoms with van der Waals surface area (Å²) in [4.78, 5) is 12.4. The van der Waals surface area contributed by atoms with Crippen LogP contribution in [0.4, 0.5) is 0 Å². The summed E-state index contributed by atoms with van der Waals surface area (Å²) in [5.74, 6) is 0.643.